The van der Waals surface area contributed by atoms with Crippen molar-refractivity contribution in [3.05, 3.63) is 58.4 Å². The van der Waals surface area contributed by atoms with Gasteiger partial charge in [-0.3, -0.25) is 4.98 Å². The van der Waals surface area contributed by atoms with Gasteiger partial charge in [0.15, 0.2) is 0 Å². The Balaban J connectivity index is 1.83. The molecule has 114 valence electrons. The van der Waals surface area contributed by atoms with Crippen molar-refractivity contribution in [1.82, 2.24) is 4.98 Å². The minimum Gasteiger partial charge on any atom is -0.493 e. The Kier molecular flexibility index (Phi) is 4.59. The van der Waals surface area contributed by atoms with Gasteiger partial charge in [0, 0.05) is 28.5 Å². The molecular formula is C17H17ClN2O2. The second kappa shape index (κ2) is 6.79. The third-order valence-electron chi connectivity index (χ3n) is 3.48. The Hall–Kier alpha value is -2.07. The maximum absolute atomic E-state index is 6.17. The van der Waals surface area contributed by atoms with Crippen molar-refractivity contribution in [2.75, 3.05) is 6.61 Å². The first-order valence-corrected chi connectivity index (χ1v) is 7.63. The minimum absolute atomic E-state index is 0.396. The molecule has 0 saturated heterocycles. The Bertz CT molecular complexity index is 687. The summed E-state index contributed by atoms with van der Waals surface area (Å²) in [5.74, 6) is 0.852. The van der Waals surface area contributed by atoms with E-state index in [9.17, 15) is 0 Å². The maximum Gasteiger partial charge on any atom is 0.143 e. The van der Waals surface area contributed by atoms with E-state index in [1.807, 2.05) is 31.2 Å². The Labute approximate surface area is 134 Å². The van der Waals surface area contributed by atoms with Crippen molar-refractivity contribution in [3.8, 4) is 5.75 Å². The van der Waals surface area contributed by atoms with Gasteiger partial charge < -0.3 is 9.57 Å². The van der Waals surface area contributed by atoms with Crippen molar-refractivity contribution < 1.29 is 9.57 Å². The molecule has 1 aromatic heterocycles. The van der Waals surface area contributed by atoms with Crippen LogP contribution < -0.4 is 4.74 Å². The summed E-state index contributed by atoms with van der Waals surface area (Å²) in [6.07, 6.45) is 5.21. The normalized spacial score (nSPS) is 15.8. The van der Waals surface area contributed by atoms with E-state index >= 15 is 0 Å². The van der Waals surface area contributed by atoms with E-state index in [2.05, 4.69) is 10.1 Å². The number of nitrogens with zero attached hydrogens (tertiary/aromatic N) is 2. The van der Waals surface area contributed by atoms with E-state index in [4.69, 9.17) is 21.2 Å². The average Bonchev–Trinajstić information content (AvgIpc) is 2.71. The van der Waals surface area contributed by atoms with E-state index < -0.39 is 0 Å². The van der Waals surface area contributed by atoms with Gasteiger partial charge in [-0.05, 0) is 43.5 Å². The minimum atomic E-state index is 0.396. The molecule has 3 rings (SSSR count). The molecule has 0 radical (unpaired) electrons. The molecule has 1 aromatic carbocycles. The first-order valence-electron chi connectivity index (χ1n) is 7.25. The fraction of sp³-hybridized carbons (Fsp3) is 0.294. The molecule has 1 aliphatic rings. The van der Waals surface area contributed by atoms with Gasteiger partial charge in [0.2, 0.25) is 0 Å². The van der Waals surface area contributed by atoms with Crippen LogP contribution in [-0.2, 0) is 11.4 Å². The standard InChI is InChI=1S/C17H17ClN2O2/c1-12-8-14(18)9-15-16(5-3-7-21-17(12)15)20-22-11-13-4-2-6-19-10-13/h2,4,6,8-10H,3,5,7,11H2,1H3/b20-16-. The van der Waals surface area contributed by atoms with Crippen molar-refractivity contribution in [2.45, 2.75) is 26.4 Å². The summed E-state index contributed by atoms with van der Waals surface area (Å²) in [7, 11) is 0. The van der Waals surface area contributed by atoms with E-state index in [-0.39, 0.29) is 0 Å². The number of halogens is 1. The highest BCUT2D eigenvalue weighted by atomic mass is 35.5. The largest absolute Gasteiger partial charge is 0.493 e. The molecule has 1 aliphatic heterocycles. The summed E-state index contributed by atoms with van der Waals surface area (Å²) in [5, 5.41) is 4.99. The molecule has 22 heavy (non-hydrogen) atoms. The summed E-state index contributed by atoms with van der Waals surface area (Å²) in [6, 6.07) is 7.63. The molecule has 2 aromatic rings. The van der Waals surface area contributed by atoms with E-state index in [0.717, 1.165) is 41.0 Å². The second-order valence-corrected chi connectivity index (χ2v) is 5.66. The summed E-state index contributed by atoms with van der Waals surface area (Å²) < 4.78 is 5.82. The molecule has 5 heteroatoms. The second-order valence-electron chi connectivity index (χ2n) is 5.22. The lowest BCUT2D eigenvalue weighted by Gasteiger charge is -2.11. The highest BCUT2D eigenvalue weighted by molar-refractivity contribution is 6.31. The Morgan fingerprint density at radius 3 is 3.14 bits per heavy atom. The lowest BCUT2D eigenvalue weighted by atomic mass is 10.0. The van der Waals surface area contributed by atoms with Crippen molar-refractivity contribution >= 4 is 17.3 Å². The van der Waals surface area contributed by atoms with Crippen LogP contribution in [0.25, 0.3) is 0 Å². The van der Waals surface area contributed by atoms with E-state index in [0.29, 0.717) is 18.2 Å². The summed E-state index contributed by atoms with van der Waals surface area (Å²) in [4.78, 5) is 9.56. The quantitative estimate of drug-likeness (QED) is 0.799. The third kappa shape index (κ3) is 3.39. The number of pyridine rings is 1. The van der Waals surface area contributed by atoms with Gasteiger partial charge >= 0.3 is 0 Å². The molecule has 0 bridgehead atoms. The highest BCUT2D eigenvalue weighted by Gasteiger charge is 2.18. The van der Waals surface area contributed by atoms with Crippen LogP contribution in [0.4, 0.5) is 0 Å². The monoisotopic (exact) mass is 316 g/mol. The number of benzene rings is 1. The zero-order chi connectivity index (χ0) is 15.4. The SMILES string of the molecule is Cc1cc(Cl)cc2c1OCCC/C2=N/OCc1cccnc1. The topological polar surface area (TPSA) is 43.7 Å². The number of hydrogen-bond acceptors (Lipinski definition) is 4. The molecule has 0 fully saturated rings. The molecular weight excluding hydrogens is 300 g/mol. The van der Waals surface area contributed by atoms with Gasteiger partial charge in [0.1, 0.15) is 12.4 Å². The van der Waals surface area contributed by atoms with Crippen molar-refractivity contribution in [1.29, 1.82) is 0 Å². The van der Waals surface area contributed by atoms with E-state index in [1.165, 1.54) is 0 Å². The van der Waals surface area contributed by atoms with Crippen LogP contribution in [0.5, 0.6) is 5.75 Å². The molecule has 0 atom stereocenters. The van der Waals surface area contributed by atoms with Crippen LogP contribution in [0.2, 0.25) is 5.02 Å². The van der Waals surface area contributed by atoms with Gasteiger partial charge in [-0.1, -0.05) is 22.8 Å². The lowest BCUT2D eigenvalue weighted by molar-refractivity contribution is 0.130. The van der Waals surface area contributed by atoms with Crippen LogP contribution in [0.15, 0.2) is 41.8 Å². The average molecular weight is 317 g/mol. The van der Waals surface area contributed by atoms with Crippen molar-refractivity contribution in [2.24, 2.45) is 5.16 Å². The highest BCUT2D eigenvalue weighted by Crippen LogP contribution is 2.31. The molecule has 0 amide bonds. The Morgan fingerprint density at radius 2 is 2.32 bits per heavy atom. The number of aryl methyl sites for hydroxylation is 1. The molecule has 4 nitrogen and oxygen atoms in total. The van der Waals surface area contributed by atoms with Crippen LogP contribution >= 0.6 is 11.6 Å². The van der Waals surface area contributed by atoms with Gasteiger partial charge in [-0.25, -0.2) is 0 Å². The molecule has 0 aliphatic carbocycles. The predicted molar refractivity (Wildman–Crippen MR) is 86.5 cm³/mol. The number of fused-ring (bicyclic) bond motifs is 1. The molecule has 0 spiro atoms. The fourth-order valence-electron chi connectivity index (χ4n) is 2.45. The molecule has 0 N–H and O–H groups in total. The zero-order valence-corrected chi connectivity index (χ0v) is 13.1. The molecule has 2 heterocycles. The predicted octanol–water partition coefficient (Wildman–Crippen LogP) is 4.14. The lowest BCUT2D eigenvalue weighted by Crippen LogP contribution is -2.03. The zero-order valence-electron chi connectivity index (χ0n) is 12.4. The summed E-state index contributed by atoms with van der Waals surface area (Å²) in [6.45, 7) is 3.06. The van der Waals surface area contributed by atoms with Crippen LogP contribution in [0.3, 0.4) is 0 Å². The fourth-order valence-corrected chi connectivity index (χ4v) is 2.72. The molecule has 0 unspecified atom stereocenters. The van der Waals surface area contributed by atoms with E-state index in [1.54, 1.807) is 12.4 Å². The number of oxime groups is 1. The smallest absolute Gasteiger partial charge is 0.143 e. The number of rotatable bonds is 3. The summed E-state index contributed by atoms with van der Waals surface area (Å²) >= 11 is 6.17. The van der Waals surface area contributed by atoms with Crippen LogP contribution in [-0.4, -0.2) is 17.3 Å². The maximum atomic E-state index is 6.17. The van der Waals surface area contributed by atoms with Gasteiger partial charge in [0.25, 0.3) is 0 Å². The number of ether oxygens (including phenoxy) is 1. The number of aromatic nitrogens is 1. The van der Waals surface area contributed by atoms with Gasteiger partial charge in [0.05, 0.1) is 12.3 Å². The van der Waals surface area contributed by atoms with Gasteiger partial charge in [-0.2, -0.15) is 0 Å². The van der Waals surface area contributed by atoms with Gasteiger partial charge in [-0.15, -0.1) is 0 Å². The third-order valence-corrected chi connectivity index (χ3v) is 3.70. The van der Waals surface area contributed by atoms with Crippen LogP contribution in [0.1, 0.15) is 29.5 Å². The van der Waals surface area contributed by atoms with Crippen molar-refractivity contribution in [3.63, 3.8) is 0 Å². The first-order chi connectivity index (χ1) is 10.7. The molecule has 0 saturated carbocycles. The first kappa shape index (κ1) is 14.9. The summed E-state index contributed by atoms with van der Waals surface area (Å²) in [5.41, 5.74) is 3.80. The number of hydrogen-bond donors (Lipinski definition) is 0. The van der Waals surface area contributed by atoms with Crippen LogP contribution in [0, 0.1) is 6.92 Å². The Morgan fingerprint density at radius 1 is 1.41 bits per heavy atom.